The zero-order valence-corrected chi connectivity index (χ0v) is 12.3. The third-order valence-corrected chi connectivity index (χ3v) is 4.55. The summed E-state index contributed by atoms with van der Waals surface area (Å²) in [5, 5.41) is 3.38. The van der Waals surface area contributed by atoms with Crippen molar-refractivity contribution < 1.29 is 0 Å². The zero-order valence-electron chi connectivity index (χ0n) is 12.3. The van der Waals surface area contributed by atoms with Crippen molar-refractivity contribution >= 4 is 0 Å². The monoisotopic (exact) mass is 245 g/mol. The lowest BCUT2D eigenvalue weighted by atomic mass is 9.70. The minimum Gasteiger partial charge on any atom is -0.319 e. The van der Waals surface area contributed by atoms with E-state index in [2.05, 4.69) is 51.3 Å². The highest BCUT2D eigenvalue weighted by atomic mass is 14.8. The van der Waals surface area contributed by atoms with Crippen molar-refractivity contribution in [3.8, 4) is 0 Å². The van der Waals surface area contributed by atoms with Crippen LogP contribution in [0.2, 0.25) is 0 Å². The molecule has 1 fully saturated rings. The Morgan fingerprint density at radius 2 is 2.00 bits per heavy atom. The Bertz CT molecular complexity index is 397. The van der Waals surface area contributed by atoms with Crippen LogP contribution in [0.4, 0.5) is 0 Å². The summed E-state index contributed by atoms with van der Waals surface area (Å²) in [4.78, 5) is 0. The molecule has 1 N–H and O–H groups in total. The maximum atomic E-state index is 3.38. The van der Waals surface area contributed by atoms with Gasteiger partial charge in [-0.15, -0.1) is 0 Å². The molecule has 0 aromatic heterocycles. The molecule has 1 aromatic carbocycles. The first-order valence-corrected chi connectivity index (χ1v) is 7.33. The third-order valence-electron chi connectivity index (χ3n) is 4.55. The summed E-state index contributed by atoms with van der Waals surface area (Å²) in [5.41, 5.74) is 4.45. The van der Waals surface area contributed by atoms with Crippen molar-refractivity contribution in [2.75, 3.05) is 13.6 Å². The van der Waals surface area contributed by atoms with Gasteiger partial charge in [-0.3, -0.25) is 0 Å². The molecule has 1 aliphatic carbocycles. The molecule has 3 atom stereocenters. The van der Waals surface area contributed by atoms with E-state index in [9.17, 15) is 0 Å². The van der Waals surface area contributed by atoms with Crippen molar-refractivity contribution in [3.63, 3.8) is 0 Å². The average Bonchev–Trinajstić information content (AvgIpc) is 2.32. The fraction of sp³-hybridized carbons (Fsp3) is 0.647. The number of hydrogen-bond acceptors (Lipinski definition) is 1. The van der Waals surface area contributed by atoms with E-state index >= 15 is 0 Å². The Hall–Kier alpha value is -0.820. The summed E-state index contributed by atoms with van der Waals surface area (Å²) in [6.45, 7) is 8.03. The van der Waals surface area contributed by atoms with Crippen molar-refractivity contribution in [1.82, 2.24) is 5.32 Å². The quantitative estimate of drug-likeness (QED) is 0.847. The number of aryl methyl sites for hydroxylation is 2. The van der Waals surface area contributed by atoms with Crippen LogP contribution in [0.25, 0.3) is 0 Å². The SMILES string of the molecule is CNCC1CCC(C)CC1c1ccc(C)cc1C. The van der Waals surface area contributed by atoms with Gasteiger partial charge in [0.1, 0.15) is 0 Å². The van der Waals surface area contributed by atoms with Crippen molar-refractivity contribution in [2.24, 2.45) is 11.8 Å². The molecule has 1 aromatic rings. The van der Waals surface area contributed by atoms with E-state index < -0.39 is 0 Å². The molecule has 0 bridgehead atoms. The standard InChI is InChI=1S/C17H27N/c1-12-6-8-16(14(3)9-12)17-10-13(2)5-7-15(17)11-18-4/h6,8-9,13,15,17-18H,5,7,10-11H2,1-4H3. The normalized spacial score (nSPS) is 28.3. The Kier molecular flexibility index (Phi) is 4.45. The molecule has 0 heterocycles. The van der Waals surface area contributed by atoms with Crippen molar-refractivity contribution in [3.05, 3.63) is 34.9 Å². The average molecular weight is 245 g/mol. The van der Waals surface area contributed by atoms with Gasteiger partial charge >= 0.3 is 0 Å². The Morgan fingerprint density at radius 1 is 1.22 bits per heavy atom. The largest absolute Gasteiger partial charge is 0.319 e. The van der Waals surface area contributed by atoms with E-state index in [4.69, 9.17) is 0 Å². The molecule has 1 saturated carbocycles. The van der Waals surface area contributed by atoms with E-state index in [0.717, 1.165) is 24.3 Å². The summed E-state index contributed by atoms with van der Waals surface area (Å²) < 4.78 is 0. The zero-order chi connectivity index (χ0) is 13.1. The Labute approximate surface area is 112 Å². The smallest absolute Gasteiger partial charge is 0.00177 e. The van der Waals surface area contributed by atoms with Gasteiger partial charge < -0.3 is 5.32 Å². The molecule has 100 valence electrons. The van der Waals surface area contributed by atoms with Crippen LogP contribution in [0.3, 0.4) is 0 Å². The molecule has 0 amide bonds. The van der Waals surface area contributed by atoms with E-state index in [1.807, 2.05) is 0 Å². The molecule has 1 heteroatoms. The summed E-state index contributed by atoms with van der Waals surface area (Å²) in [7, 11) is 2.08. The lowest BCUT2D eigenvalue weighted by Gasteiger charge is -2.36. The van der Waals surface area contributed by atoms with Gasteiger partial charge in [0.2, 0.25) is 0 Å². The predicted molar refractivity (Wildman–Crippen MR) is 79.1 cm³/mol. The van der Waals surface area contributed by atoms with Gasteiger partial charge in [-0.2, -0.15) is 0 Å². The highest BCUT2D eigenvalue weighted by molar-refractivity contribution is 5.34. The van der Waals surface area contributed by atoms with Crippen LogP contribution >= 0.6 is 0 Å². The lowest BCUT2D eigenvalue weighted by molar-refractivity contribution is 0.244. The van der Waals surface area contributed by atoms with Gasteiger partial charge in [0.25, 0.3) is 0 Å². The first-order chi connectivity index (χ1) is 8.61. The Morgan fingerprint density at radius 3 is 2.67 bits per heavy atom. The van der Waals surface area contributed by atoms with Crippen LogP contribution in [0, 0.1) is 25.7 Å². The second-order valence-electron chi connectivity index (χ2n) is 6.20. The number of benzene rings is 1. The van der Waals surface area contributed by atoms with Gasteiger partial charge in [-0.25, -0.2) is 0 Å². The van der Waals surface area contributed by atoms with Crippen LogP contribution < -0.4 is 5.32 Å². The highest BCUT2D eigenvalue weighted by Gasteiger charge is 2.30. The second kappa shape index (κ2) is 5.88. The molecular weight excluding hydrogens is 218 g/mol. The molecule has 2 rings (SSSR count). The minimum absolute atomic E-state index is 0.752. The maximum Gasteiger partial charge on any atom is -0.00177 e. The first-order valence-electron chi connectivity index (χ1n) is 7.33. The Balaban J connectivity index is 2.26. The van der Waals surface area contributed by atoms with Gasteiger partial charge in [-0.05, 0) is 69.2 Å². The first kappa shape index (κ1) is 13.6. The van der Waals surface area contributed by atoms with E-state index in [1.54, 1.807) is 5.56 Å². The predicted octanol–water partition coefficient (Wildman–Crippen LogP) is 4.04. The molecule has 1 nitrogen and oxygen atoms in total. The number of rotatable bonds is 3. The highest BCUT2D eigenvalue weighted by Crippen LogP contribution is 2.41. The van der Waals surface area contributed by atoms with Crippen LogP contribution in [-0.4, -0.2) is 13.6 Å². The van der Waals surface area contributed by atoms with Crippen LogP contribution in [0.15, 0.2) is 18.2 Å². The fourth-order valence-corrected chi connectivity index (χ4v) is 3.57. The third kappa shape index (κ3) is 2.95. The number of hydrogen-bond donors (Lipinski definition) is 1. The molecule has 0 radical (unpaired) electrons. The molecule has 1 aliphatic rings. The summed E-state index contributed by atoms with van der Waals surface area (Å²) >= 11 is 0. The summed E-state index contributed by atoms with van der Waals surface area (Å²) in [5.74, 6) is 2.44. The minimum atomic E-state index is 0.752. The molecule has 0 saturated heterocycles. The van der Waals surface area contributed by atoms with Gasteiger partial charge in [-0.1, -0.05) is 37.1 Å². The molecular formula is C17H27N. The molecule has 3 unspecified atom stereocenters. The molecule has 0 spiro atoms. The van der Waals surface area contributed by atoms with Crippen LogP contribution in [-0.2, 0) is 0 Å². The van der Waals surface area contributed by atoms with E-state index in [-0.39, 0.29) is 0 Å². The van der Waals surface area contributed by atoms with Gasteiger partial charge in [0.15, 0.2) is 0 Å². The topological polar surface area (TPSA) is 12.0 Å². The van der Waals surface area contributed by atoms with Crippen molar-refractivity contribution in [2.45, 2.75) is 46.0 Å². The van der Waals surface area contributed by atoms with Crippen LogP contribution in [0.5, 0.6) is 0 Å². The maximum absolute atomic E-state index is 3.38. The summed E-state index contributed by atoms with van der Waals surface area (Å²) in [6.07, 6.45) is 4.13. The number of nitrogens with one attached hydrogen (secondary N) is 1. The molecule has 18 heavy (non-hydrogen) atoms. The van der Waals surface area contributed by atoms with E-state index in [0.29, 0.717) is 0 Å². The summed E-state index contributed by atoms with van der Waals surface area (Å²) in [6, 6.07) is 6.99. The van der Waals surface area contributed by atoms with Crippen molar-refractivity contribution in [1.29, 1.82) is 0 Å². The fourth-order valence-electron chi connectivity index (χ4n) is 3.57. The van der Waals surface area contributed by atoms with E-state index in [1.165, 1.54) is 30.4 Å². The van der Waals surface area contributed by atoms with Crippen LogP contribution in [0.1, 0.15) is 48.8 Å². The van der Waals surface area contributed by atoms with Gasteiger partial charge in [0, 0.05) is 0 Å². The second-order valence-corrected chi connectivity index (χ2v) is 6.20. The lowest BCUT2D eigenvalue weighted by Crippen LogP contribution is -2.30. The molecule has 0 aliphatic heterocycles. The van der Waals surface area contributed by atoms with Gasteiger partial charge in [0.05, 0.1) is 0 Å².